The lowest BCUT2D eigenvalue weighted by atomic mass is 10.0. The van der Waals surface area contributed by atoms with Gasteiger partial charge < -0.3 is 25.7 Å². The molecule has 1 heterocycles. The molecule has 0 atom stereocenters. The molecule has 124 valence electrons. The van der Waals surface area contributed by atoms with E-state index in [0.29, 0.717) is 0 Å². The second kappa shape index (κ2) is 6.65. The summed E-state index contributed by atoms with van der Waals surface area (Å²) in [5.41, 5.74) is -0.874. The number of hydrogen-bond acceptors (Lipinski definition) is 6. The van der Waals surface area contributed by atoms with Crippen molar-refractivity contribution in [2.45, 2.75) is 6.42 Å². The molecule has 1 amide bonds. The van der Waals surface area contributed by atoms with Gasteiger partial charge in [0.15, 0.2) is 0 Å². The van der Waals surface area contributed by atoms with Gasteiger partial charge in [-0.3, -0.25) is 14.6 Å². The fraction of sp³-hybridized carbons (Fsp3) is 0.0667. The SMILES string of the molecule is O=C(O)Cc1cc(O)cc(C(=O)Nc2ccncc2C(=O)O)c1O. The summed E-state index contributed by atoms with van der Waals surface area (Å²) in [6.45, 7) is 0. The lowest BCUT2D eigenvalue weighted by molar-refractivity contribution is -0.136. The molecule has 0 unspecified atom stereocenters. The number of aromatic carboxylic acids is 1. The van der Waals surface area contributed by atoms with Gasteiger partial charge in [0.05, 0.1) is 17.7 Å². The summed E-state index contributed by atoms with van der Waals surface area (Å²) in [5.74, 6) is -4.51. The van der Waals surface area contributed by atoms with Gasteiger partial charge >= 0.3 is 11.9 Å². The van der Waals surface area contributed by atoms with Crippen molar-refractivity contribution in [2.75, 3.05) is 5.32 Å². The minimum Gasteiger partial charge on any atom is -0.508 e. The van der Waals surface area contributed by atoms with Crippen LogP contribution in [0.2, 0.25) is 0 Å². The molecule has 2 aromatic rings. The average molecular weight is 332 g/mol. The number of carbonyl (C=O) groups is 3. The van der Waals surface area contributed by atoms with Crippen molar-refractivity contribution in [3.8, 4) is 11.5 Å². The second-order valence-electron chi connectivity index (χ2n) is 4.75. The molecule has 0 spiro atoms. The van der Waals surface area contributed by atoms with Gasteiger partial charge in [-0.15, -0.1) is 0 Å². The van der Waals surface area contributed by atoms with Gasteiger partial charge in [0.2, 0.25) is 0 Å². The van der Waals surface area contributed by atoms with E-state index >= 15 is 0 Å². The van der Waals surface area contributed by atoms with Crippen LogP contribution in [0.5, 0.6) is 11.5 Å². The van der Waals surface area contributed by atoms with Crippen molar-refractivity contribution in [1.82, 2.24) is 4.98 Å². The summed E-state index contributed by atoms with van der Waals surface area (Å²) in [6, 6.07) is 3.21. The van der Waals surface area contributed by atoms with Gasteiger partial charge in [-0.2, -0.15) is 0 Å². The number of nitrogens with one attached hydrogen (secondary N) is 1. The molecule has 0 fully saturated rings. The highest BCUT2D eigenvalue weighted by Gasteiger charge is 2.20. The maximum atomic E-state index is 12.3. The number of nitrogens with zero attached hydrogens (tertiary/aromatic N) is 1. The highest BCUT2D eigenvalue weighted by molar-refractivity contribution is 6.09. The third kappa shape index (κ3) is 3.58. The van der Waals surface area contributed by atoms with Gasteiger partial charge in [0.25, 0.3) is 5.91 Å². The number of phenolic OH excluding ortho intramolecular Hbond substituents is 2. The fourth-order valence-electron chi connectivity index (χ4n) is 2.01. The van der Waals surface area contributed by atoms with Crippen molar-refractivity contribution >= 4 is 23.5 Å². The van der Waals surface area contributed by atoms with Gasteiger partial charge in [0, 0.05) is 18.0 Å². The number of benzene rings is 1. The van der Waals surface area contributed by atoms with Gasteiger partial charge in [-0.05, 0) is 18.2 Å². The molecule has 1 aromatic heterocycles. The number of aromatic hydroxyl groups is 2. The maximum Gasteiger partial charge on any atom is 0.339 e. The number of rotatable bonds is 5. The zero-order chi connectivity index (χ0) is 17.9. The van der Waals surface area contributed by atoms with Crippen LogP contribution in [0.15, 0.2) is 30.6 Å². The summed E-state index contributed by atoms with van der Waals surface area (Å²) in [5, 5.41) is 39.7. The molecule has 0 aliphatic rings. The molecular formula is C15H12N2O7. The molecule has 0 saturated heterocycles. The lowest BCUT2D eigenvalue weighted by Gasteiger charge is -2.11. The van der Waals surface area contributed by atoms with Crippen molar-refractivity contribution in [2.24, 2.45) is 0 Å². The van der Waals surface area contributed by atoms with Crippen LogP contribution in [0.25, 0.3) is 0 Å². The highest BCUT2D eigenvalue weighted by atomic mass is 16.4. The Bertz CT molecular complexity index is 833. The molecule has 5 N–H and O–H groups in total. The third-order valence-electron chi connectivity index (χ3n) is 3.06. The Hall–Kier alpha value is -3.62. The van der Waals surface area contributed by atoms with Crippen molar-refractivity contribution < 1.29 is 34.8 Å². The number of phenols is 2. The van der Waals surface area contributed by atoms with Crippen LogP contribution < -0.4 is 5.32 Å². The largest absolute Gasteiger partial charge is 0.508 e. The van der Waals surface area contributed by atoms with Crippen LogP contribution in [-0.2, 0) is 11.2 Å². The van der Waals surface area contributed by atoms with E-state index in [-0.39, 0.29) is 22.4 Å². The topological polar surface area (TPSA) is 157 Å². The van der Waals surface area contributed by atoms with Crippen LogP contribution in [0, 0.1) is 0 Å². The number of carboxylic acids is 2. The van der Waals surface area contributed by atoms with Crippen LogP contribution in [0.4, 0.5) is 5.69 Å². The Morgan fingerprint density at radius 1 is 1.08 bits per heavy atom. The first-order chi connectivity index (χ1) is 11.3. The zero-order valence-corrected chi connectivity index (χ0v) is 12.1. The average Bonchev–Trinajstić information content (AvgIpc) is 2.50. The van der Waals surface area contributed by atoms with Gasteiger partial charge in [-0.25, -0.2) is 4.79 Å². The van der Waals surface area contributed by atoms with Crippen LogP contribution in [-0.4, -0.2) is 43.3 Å². The quantitative estimate of drug-likeness (QED) is 0.509. The number of anilines is 1. The molecule has 0 saturated carbocycles. The predicted octanol–water partition coefficient (Wildman–Crippen LogP) is 1.07. The molecule has 0 radical (unpaired) electrons. The summed E-state index contributed by atoms with van der Waals surface area (Å²) >= 11 is 0. The molecule has 2 rings (SSSR count). The monoisotopic (exact) mass is 332 g/mol. The van der Waals surface area contributed by atoms with E-state index in [0.717, 1.165) is 18.3 Å². The summed E-state index contributed by atoms with van der Waals surface area (Å²) in [4.78, 5) is 37.7. The van der Waals surface area contributed by atoms with Crippen LogP contribution in [0.3, 0.4) is 0 Å². The molecule has 9 nitrogen and oxygen atoms in total. The van der Waals surface area contributed by atoms with Gasteiger partial charge in [0.1, 0.15) is 17.1 Å². The first-order valence-electron chi connectivity index (χ1n) is 6.55. The Morgan fingerprint density at radius 2 is 1.79 bits per heavy atom. The highest BCUT2D eigenvalue weighted by Crippen LogP contribution is 2.29. The number of carbonyl (C=O) groups excluding carboxylic acids is 1. The lowest BCUT2D eigenvalue weighted by Crippen LogP contribution is -2.16. The van der Waals surface area contributed by atoms with Crippen molar-refractivity contribution in [3.05, 3.63) is 47.3 Å². The van der Waals surface area contributed by atoms with E-state index in [4.69, 9.17) is 10.2 Å². The molecular weight excluding hydrogens is 320 g/mol. The number of carboxylic acid groups (broad SMARTS) is 2. The Kier molecular flexibility index (Phi) is 4.64. The van der Waals surface area contributed by atoms with Gasteiger partial charge in [-0.1, -0.05) is 0 Å². The second-order valence-corrected chi connectivity index (χ2v) is 4.75. The fourth-order valence-corrected chi connectivity index (χ4v) is 2.01. The molecule has 9 heteroatoms. The summed E-state index contributed by atoms with van der Waals surface area (Å²) in [6.07, 6.45) is 1.70. The minimum atomic E-state index is -1.31. The number of aliphatic carboxylic acids is 1. The Morgan fingerprint density at radius 3 is 2.42 bits per heavy atom. The molecule has 0 aliphatic carbocycles. The summed E-state index contributed by atoms with van der Waals surface area (Å²) in [7, 11) is 0. The van der Waals surface area contributed by atoms with E-state index in [2.05, 4.69) is 10.3 Å². The van der Waals surface area contributed by atoms with Crippen LogP contribution in [0.1, 0.15) is 26.3 Å². The smallest absolute Gasteiger partial charge is 0.339 e. The number of aromatic nitrogens is 1. The van der Waals surface area contributed by atoms with E-state index in [1.54, 1.807) is 0 Å². The molecule has 24 heavy (non-hydrogen) atoms. The maximum absolute atomic E-state index is 12.3. The van der Waals surface area contributed by atoms with Crippen LogP contribution >= 0.6 is 0 Å². The number of pyridine rings is 1. The van der Waals surface area contributed by atoms with Crippen molar-refractivity contribution in [1.29, 1.82) is 0 Å². The first-order valence-corrected chi connectivity index (χ1v) is 6.55. The normalized spacial score (nSPS) is 10.2. The zero-order valence-electron chi connectivity index (χ0n) is 12.1. The number of amides is 1. The minimum absolute atomic E-state index is 0.0648. The van der Waals surface area contributed by atoms with E-state index in [9.17, 15) is 24.6 Å². The van der Waals surface area contributed by atoms with E-state index < -0.39 is 35.8 Å². The van der Waals surface area contributed by atoms with E-state index in [1.165, 1.54) is 12.3 Å². The molecule has 0 aliphatic heterocycles. The predicted molar refractivity (Wildman–Crippen MR) is 80.3 cm³/mol. The Labute approximate surface area is 134 Å². The third-order valence-corrected chi connectivity index (χ3v) is 3.06. The Balaban J connectivity index is 2.39. The van der Waals surface area contributed by atoms with E-state index in [1.807, 2.05) is 0 Å². The molecule has 1 aromatic carbocycles. The summed E-state index contributed by atoms with van der Waals surface area (Å²) < 4.78 is 0. The first kappa shape index (κ1) is 16.7. The molecule has 0 bridgehead atoms. The standard InChI is InChI=1S/C15H12N2O7/c18-8-3-7(4-12(19)20)13(21)9(5-8)14(22)17-11-1-2-16-6-10(11)15(23)24/h1-3,5-6,18,21H,4H2,(H,19,20)(H,23,24)(H,16,17,22). The van der Waals surface area contributed by atoms with Crippen molar-refractivity contribution in [3.63, 3.8) is 0 Å². The number of hydrogen-bond donors (Lipinski definition) is 5.